The standard InChI is InChI=1S/C23H24N2O4S/c1-3-29-21-12-6-18(7-13-21)16-23(26)24-19-8-10-20(11-9-19)25-30(27,28)22-14-4-17(2)5-15-22/h4-15,25H,3,16H2,1-2H3,(H,24,26). The highest BCUT2D eigenvalue weighted by Crippen LogP contribution is 2.19. The Bertz CT molecular complexity index is 1090. The molecule has 0 fully saturated rings. The fourth-order valence-electron chi connectivity index (χ4n) is 2.81. The van der Waals surface area contributed by atoms with Crippen molar-refractivity contribution in [1.82, 2.24) is 0 Å². The van der Waals surface area contributed by atoms with Crippen LogP contribution in [0, 0.1) is 6.92 Å². The van der Waals surface area contributed by atoms with E-state index in [1.54, 1.807) is 48.5 Å². The lowest BCUT2D eigenvalue weighted by Crippen LogP contribution is -2.15. The second-order valence-electron chi connectivity index (χ2n) is 6.80. The Labute approximate surface area is 177 Å². The quantitative estimate of drug-likeness (QED) is 0.562. The van der Waals surface area contributed by atoms with Crippen LogP contribution in [0.5, 0.6) is 5.75 Å². The number of hydrogen-bond donors (Lipinski definition) is 2. The van der Waals surface area contributed by atoms with Crippen LogP contribution in [-0.2, 0) is 21.2 Å². The van der Waals surface area contributed by atoms with Gasteiger partial charge in [-0.2, -0.15) is 0 Å². The van der Waals surface area contributed by atoms with Crippen molar-refractivity contribution < 1.29 is 17.9 Å². The Kier molecular flexibility index (Phi) is 6.74. The zero-order valence-electron chi connectivity index (χ0n) is 16.9. The summed E-state index contributed by atoms with van der Waals surface area (Å²) in [5, 5.41) is 2.81. The van der Waals surface area contributed by atoms with Crippen LogP contribution in [0.2, 0.25) is 0 Å². The summed E-state index contributed by atoms with van der Waals surface area (Å²) in [6.07, 6.45) is 0.230. The molecule has 0 aromatic heterocycles. The molecule has 0 atom stereocenters. The van der Waals surface area contributed by atoms with Gasteiger partial charge in [-0.05, 0) is 67.9 Å². The SMILES string of the molecule is CCOc1ccc(CC(=O)Nc2ccc(NS(=O)(=O)c3ccc(C)cc3)cc2)cc1. The van der Waals surface area contributed by atoms with Crippen molar-refractivity contribution >= 4 is 27.3 Å². The first-order chi connectivity index (χ1) is 14.4. The molecule has 6 nitrogen and oxygen atoms in total. The van der Waals surface area contributed by atoms with Crippen LogP contribution in [0.4, 0.5) is 11.4 Å². The van der Waals surface area contributed by atoms with E-state index in [1.165, 1.54) is 0 Å². The summed E-state index contributed by atoms with van der Waals surface area (Å²) in [6.45, 7) is 4.41. The van der Waals surface area contributed by atoms with Gasteiger partial charge in [-0.25, -0.2) is 8.42 Å². The first-order valence-electron chi connectivity index (χ1n) is 9.57. The van der Waals surface area contributed by atoms with Crippen LogP contribution >= 0.6 is 0 Å². The van der Waals surface area contributed by atoms with E-state index in [4.69, 9.17) is 4.74 Å². The average molecular weight is 425 g/mol. The number of anilines is 2. The fraction of sp³-hybridized carbons (Fsp3) is 0.174. The lowest BCUT2D eigenvalue weighted by molar-refractivity contribution is -0.115. The molecule has 0 spiro atoms. The Hall–Kier alpha value is -3.32. The molecule has 156 valence electrons. The van der Waals surface area contributed by atoms with Crippen LogP contribution in [0.15, 0.2) is 77.7 Å². The number of amides is 1. The largest absolute Gasteiger partial charge is 0.494 e. The number of hydrogen-bond acceptors (Lipinski definition) is 4. The summed E-state index contributed by atoms with van der Waals surface area (Å²) >= 11 is 0. The minimum atomic E-state index is -3.66. The van der Waals surface area contributed by atoms with Crippen molar-refractivity contribution in [2.75, 3.05) is 16.6 Å². The van der Waals surface area contributed by atoms with Crippen LogP contribution < -0.4 is 14.8 Å². The molecule has 30 heavy (non-hydrogen) atoms. The van der Waals surface area contributed by atoms with E-state index in [0.717, 1.165) is 16.9 Å². The summed E-state index contributed by atoms with van der Waals surface area (Å²) < 4.78 is 32.8. The molecule has 0 unspecified atom stereocenters. The molecule has 2 N–H and O–H groups in total. The topological polar surface area (TPSA) is 84.5 Å². The summed E-state index contributed by atoms with van der Waals surface area (Å²) in [6, 6.07) is 20.5. The third kappa shape index (κ3) is 5.84. The van der Waals surface area contributed by atoms with E-state index >= 15 is 0 Å². The number of nitrogens with one attached hydrogen (secondary N) is 2. The molecule has 0 heterocycles. The summed E-state index contributed by atoms with van der Waals surface area (Å²) in [5.74, 6) is 0.609. The van der Waals surface area contributed by atoms with Gasteiger partial charge in [0.1, 0.15) is 5.75 Å². The van der Waals surface area contributed by atoms with Gasteiger partial charge in [-0.1, -0.05) is 29.8 Å². The van der Waals surface area contributed by atoms with E-state index in [2.05, 4.69) is 10.0 Å². The van der Waals surface area contributed by atoms with Crippen molar-refractivity contribution in [3.05, 3.63) is 83.9 Å². The Morgan fingerprint density at radius 3 is 2.07 bits per heavy atom. The fourth-order valence-corrected chi connectivity index (χ4v) is 3.87. The number of ether oxygens (including phenoxy) is 1. The second kappa shape index (κ2) is 9.45. The van der Waals surface area contributed by atoms with Crippen LogP contribution in [0.3, 0.4) is 0 Å². The van der Waals surface area contributed by atoms with E-state index in [9.17, 15) is 13.2 Å². The van der Waals surface area contributed by atoms with Crippen LogP contribution in [0.1, 0.15) is 18.1 Å². The number of carbonyl (C=O) groups excluding carboxylic acids is 1. The first kappa shape index (κ1) is 21.4. The monoisotopic (exact) mass is 424 g/mol. The zero-order valence-corrected chi connectivity index (χ0v) is 17.7. The van der Waals surface area contributed by atoms with E-state index < -0.39 is 10.0 Å². The van der Waals surface area contributed by atoms with Gasteiger partial charge in [-0.15, -0.1) is 0 Å². The third-order valence-corrected chi connectivity index (χ3v) is 5.75. The molecule has 3 aromatic carbocycles. The number of rotatable bonds is 8. The van der Waals surface area contributed by atoms with E-state index in [0.29, 0.717) is 18.0 Å². The molecular weight excluding hydrogens is 400 g/mol. The number of sulfonamides is 1. The molecule has 0 aliphatic carbocycles. The van der Waals surface area contributed by atoms with Gasteiger partial charge in [0.05, 0.1) is 17.9 Å². The predicted molar refractivity (Wildman–Crippen MR) is 118 cm³/mol. The lowest BCUT2D eigenvalue weighted by Gasteiger charge is -2.10. The van der Waals surface area contributed by atoms with Crippen molar-refractivity contribution in [3.63, 3.8) is 0 Å². The second-order valence-corrected chi connectivity index (χ2v) is 8.48. The highest BCUT2D eigenvalue weighted by molar-refractivity contribution is 7.92. The lowest BCUT2D eigenvalue weighted by atomic mass is 10.1. The number of benzene rings is 3. The third-order valence-electron chi connectivity index (χ3n) is 4.35. The van der Waals surface area contributed by atoms with Crippen molar-refractivity contribution in [2.24, 2.45) is 0 Å². The van der Waals surface area contributed by atoms with E-state index in [-0.39, 0.29) is 17.2 Å². The maximum Gasteiger partial charge on any atom is 0.261 e. The smallest absolute Gasteiger partial charge is 0.261 e. The predicted octanol–water partition coefficient (Wildman–Crippen LogP) is 4.38. The highest BCUT2D eigenvalue weighted by Gasteiger charge is 2.14. The Balaban J connectivity index is 1.58. The van der Waals surface area contributed by atoms with Gasteiger partial charge in [-0.3, -0.25) is 9.52 Å². The van der Waals surface area contributed by atoms with Gasteiger partial charge < -0.3 is 10.1 Å². The Morgan fingerprint density at radius 1 is 0.867 bits per heavy atom. The Morgan fingerprint density at radius 2 is 1.47 bits per heavy atom. The van der Waals surface area contributed by atoms with Gasteiger partial charge in [0, 0.05) is 11.4 Å². The summed E-state index contributed by atoms with van der Waals surface area (Å²) in [4.78, 5) is 12.5. The van der Waals surface area contributed by atoms with Gasteiger partial charge in [0.15, 0.2) is 0 Å². The maximum atomic E-state index is 12.5. The molecule has 1 amide bonds. The first-order valence-corrected chi connectivity index (χ1v) is 11.0. The maximum absolute atomic E-state index is 12.5. The van der Waals surface area contributed by atoms with Crippen LogP contribution in [-0.4, -0.2) is 20.9 Å². The van der Waals surface area contributed by atoms with Crippen molar-refractivity contribution in [2.45, 2.75) is 25.2 Å². The van der Waals surface area contributed by atoms with Crippen molar-refractivity contribution in [3.8, 4) is 5.75 Å². The van der Waals surface area contributed by atoms with Gasteiger partial charge in [0.25, 0.3) is 10.0 Å². The normalized spacial score (nSPS) is 11.0. The summed E-state index contributed by atoms with van der Waals surface area (Å²) in [5.41, 5.74) is 2.86. The van der Waals surface area contributed by atoms with E-state index in [1.807, 2.05) is 38.1 Å². The van der Waals surface area contributed by atoms with Crippen LogP contribution in [0.25, 0.3) is 0 Å². The highest BCUT2D eigenvalue weighted by atomic mass is 32.2. The van der Waals surface area contributed by atoms with Gasteiger partial charge in [0.2, 0.25) is 5.91 Å². The molecule has 7 heteroatoms. The molecule has 0 aliphatic rings. The number of carbonyl (C=O) groups is 1. The minimum absolute atomic E-state index is 0.160. The molecule has 0 radical (unpaired) electrons. The summed E-state index contributed by atoms with van der Waals surface area (Å²) in [7, 11) is -3.66. The van der Waals surface area contributed by atoms with Gasteiger partial charge >= 0.3 is 0 Å². The molecule has 0 bridgehead atoms. The molecule has 0 aliphatic heterocycles. The number of aryl methyl sites for hydroxylation is 1. The molecular formula is C23H24N2O4S. The molecule has 3 rings (SSSR count). The average Bonchev–Trinajstić information content (AvgIpc) is 2.71. The zero-order chi connectivity index (χ0) is 21.6. The molecule has 3 aromatic rings. The van der Waals surface area contributed by atoms with Crippen molar-refractivity contribution in [1.29, 1.82) is 0 Å². The molecule has 0 saturated heterocycles. The molecule has 0 saturated carbocycles. The minimum Gasteiger partial charge on any atom is -0.494 e.